The number of rotatable bonds is 0. The quantitative estimate of drug-likeness (QED) is 0.324. The van der Waals surface area contributed by atoms with Gasteiger partial charge in [0.2, 0.25) is 0 Å². The van der Waals surface area contributed by atoms with Crippen molar-refractivity contribution >= 4 is 0 Å². The Labute approximate surface area is 94.6 Å². The minimum absolute atomic E-state index is 0. The van der Waals surface area contributed by atoms with Crippen molar-refractivity contribution in [3.63, 3.8) is 0 Å². The van der Waals surface area contributed by atoms with Crippen LogP contribution < -0.4 is 51.4 Å². The molecular weight excluding hydrogens is 125 g/mol. The van der Waals surface area contributed by atoms with E-state index in [1.807, 2.05) is 0 Å². The van der Waals surface area contributed by atoms with E-state index in [0.29, 0.717) is 0 Å². The SMILES string of the molecule is [CH-]1CC1.[CH-]1CC1.[K+].[NH2-]. The van der Waals surface area contributed by atoms with Crippen LogP contribution in [0.1, 0.15) is 25.7 Å². The molecule has 0 saturated heterocycles. The predicted octanol–water partition coefficient (Wildman–Crippen LogP) is -0.310. The van der Waals surface area contributed by atoms with Crippen LogP contribution in [0.2, 0.25) is 0 Å². The van der Waals surface area contributed by atoms with E-state index in [-0.39, 0.29) is 57.5 Å². The first-order chi connectivity index (χ1) is 3.00. The summed E-state index contributed by atoms with van der Waals surface area (Å²) in [7, 11) is 0. The van der Waals surface area contributed by atoms with Crippen LogP contribution in [0.5, 0.6) is 0 Å². The van der Waals surface area contributed by atoms with Gasteiger partial charge in [-0.15, -0.1) is 0 Å². The van der Waals surface area contributed by atoms with Crippen molar-refractivity contribution in [3.05, 3.63) is 19.0 Å². The maximum atomic E-state index is 2.25. The third-order valence-electron chi connectivity index (χ3n) is 0.577. The molecule has 0 aromatic rings. The fourth-order valence-corrected chi connectivity index (χ4v) is 0. The fraction of sp³-hybridized carbons (Fsp3) is 0.667. The molecule has 0 aromatic carbocycles. The number of nitrogens with two attached hydrogens (primary N) is 1. The van der Waals surface area contributed by atoms with Gasteiger partial charge in [-0.05, 0) is 0 Å². The molecule has 2 N–H and O–H groups in total. The standard InChI is InChI=1S/2C3H5.K.H2N/c2*1-2-3-1;;/h2*1H,2-3H2;;1H2/q2*-1;+1;-1. The van der Waals surface area contributed by atoms with Gasteiger partial charge in [-0.3, -0.25) is 0 Å². The van der Waals surface area contributed by atoms with E-state index < -0.39 is 0 Å². The Hall–Kier alpha value is 1.60. The van der Waals surface area contributed by atoms with Crippen molar-refractivity contribution < 1.29 is 51.4 Å². The van der Waals surface area contributed by atoms with E-state index in [2.05, 4.69) is 12.8 Å². The predicted molar refractivity (Wildman–Crippen MR) is 32.4 cm³/mol. The van der Waals surface area contributed by atoms with E-state index >= 15 is 0 Å². The Morgan fingerprint density at radius 2 is 0.875 bits per heavy atom. The molecule has 1 nitrogen and oxygen atoms in total. The van der Waals surface area contributed by atoms with Crippen molar-refractivity contribution in [2.45, 2.75) is 25.7 Å². The second-order valence-electron chi connectivity index (χ2n) is 1.73. The average molecular weight is 137 g/mol. The zero-order valence-electron chi connectivity index (χ0n) is 5.56. The van der Waals surface area contributed by atoms with Gasteiger partial charge in [0.25, 0.3) is 0 Å². The van der Waals surface area contributed by atoms with Crippen molar-refractivity contribution in [1.82, 2.24) is 0 Å². The van der Waals surface area contributed by atoms with E-state index in [0.717, 1.165) is 0 Å². The second kappa shape index (κ2) is 8.60. The largest absolute Gasteiger partial charge is 1.00 e. The van der Waals surface area contributed by atoms with Crippen LogP contribution in [0.4, 0.5) is 0 Å². The molecule has 8 heavy (non-hydrogen) atoms. The molecule has 0 bridgehead atoms. The third kappa shape index (κ3) is 25.6. The third-order valence-corrected chi connectivity index (χ3v) is 0.577. The normalized spacial score (nSPS) is 18.0. The molecule has 2 fully saturated rings. The Balaban J connectivity index is 0. The number of hydrogen-bond donors (Lipinski definition) is 0. The van der Waals surface area contributed by atoms with Crippen LogP contribution >= 0.6 is 0 Å². The molecule has 0 radical (unpaired) electrons. The summed E-state index contributed by atoms with van der Waals surface area (Å²) < 4.78 is 0. The Kier molecular flexibility index (Phi) is 13.2. The summed E-state index contributed by atoms with van der Waals surface area (Å²) >= 11 is 0. The summed E-state index contributed by atoms with van der Waals surface area (Å²) in [5, 5.41) is 0. The van der Waals surface area contributed by atoms with Crippen molar-refractivity contribution in [3.8, 4) is 0 Å². The van der Waals surface area contributed by atoms with Crippen LogP contribution in [0.25, 0.3) is 6.15 Å². The maximum Gasteiger partial charge on any atom is 1.00 e. The van der Waals surface area contributed by atoms with Crippen molar-refractivity contribution in [2.75, 3.05) is 0 Å². The van der Waals surface area contributed by atoms with Crippen LogP contribution in [0.3, 0.4) is 0 Å². The summed E-state index contributed by atoms with van der Waals surface area (Å²) in [4.78, 5) is 0. The van der Waals surface area contributed by atoms with Crippen LogP contribution in [0, 0.1) is 12.8 Å². The van der Waals surface area contributed by atoms with Gasteiger partial charge >= 0.3 is 51.4 Å². The van der Waals surface area contributed by atoms with Crippen LogP contribution in [-0.2, 0) is 0 Å². The first-order valence-electron chi connectivity index (χ1n) is 2.63. The minimum Gasteiger partial charge on any atom is -0.693 e. The van der Waals surface area contributed by atoms with Gasteiger partial charge in [0.1, 0.15) is 0 Å². The van der Waals surface area contributed by atoms with Gasteiger partial charge < -0.3 is 19.0 Å². The summed E-state index contributed by atoms with van der Waals surface area (Å²) in [6.07, 6.45) is 10.0. The summed E-state index contributed by atoms with van der Waals surface area (Å²) in [6.45, 7) is 0. The van der Waals surface area contributed by atoms with Gasteiger partial charge in [0.15, 0.2) is 0 Å². The van der Waals surface area contributed by atoms with E-state index in [4.69, 9.17) is 0 Å². The molecule has 2 saturated carbocycles. The first kappa shape index (κ1) is 12.3. The molecule has 0 aliphatic heterocycles. The van der Waals surface area contributed by atoms with Gasteiger partial charge in [0.05, 0.1) is 0 Å². The molecule has 0 amide bonds. The average Bonchev–Trinajstić information content (AvgIpc) is 2.31. The maximum absolute atomic E-state index is 2.25. The molecule has 0 heterocycles. The molecule has 0 spiro atoms. The second-order valence-corrected chi connectivity index (χ2v) is 1.73. The number of hydrogen-bond acceptors (Lipinski definition) is 0. The molecule has 0 atom stereocenters. The molecule has 2 aliphatic rings. The molecule has 2 aliphatic carbocycles. The van der Waals surface area contributed by atoms with Gasteiger partial charge in [-0.2, -0.15) is 0 Å². The zero-order valence-corrected chi connectivity index (χ0v) is 8.68. The molecule has 0 unspecified atom stereocenters. The van der Waals surface area contributed by atoms with E-state index in [9.17, 15) is 0 Å². The fourth-order valence-electron chi connectivity index (χ4n) is 0. The van der Waals surface area contributed by atoms with Gasteiger partial charge in [-0.1, -0.05) is 0 Å². The smallest absolute Gasteiger partial charge is 0.693 e. The van der Waals surface area contributed by atoms with Gasteiger partial charge in [0, 0.05) is 0 Å². The Morgan fingerprint density at radius 3 is 0.875 bits per heavy atom. The topological polar surface area (TPSA) is 33.5 Å². The Morgan fingerprint density at radius 1 is 0.750 bits per heavy atom. The van der Waals surface area contributed by atoms with Crippen LogP contribution in [0.15, 0.2) is 0 Å². The molecular formula is C6H12KN-2. The molecule has 0 aromatic heterocycles. The van der Waals surface area contributed by atoms with E-state index in [1.165, 1.54) is 25.7 Å². The van der Waals surface area contributed by atoms with Crippen LogP contribution in [-0.4, -0.2) is 0 Å². The van der Waals surface area contributed by atoms with Crippen molar-refractivity contribution in [2.24, 2.45) is 0 Å². The Bertz CT molecular complexity index is 24.0. The first-order valence-corrected chi connectivity index (χ1v) is 2.63. The molecule has 2 heteroatoms. The summed E-state index contributed by atoms with van der Waals surface area (Å²) in [5.41, 5.74) is 0. The van der Waals surface area contributed by atoms with E-state index in [1.54, 1.807) is 0 Å². The van der Waals surface area contributed by atoms with Gasteiger partial charge in [-0.25, -0.2) is 25.7 Å². The molecule has 2 rings (SSSR count). The summed E-state index contributed by atoms with van der Waals surface area (Å²) in [6, 6.07) is 0. The summed E-state index contributed by atoms with van der Waals surface area (Å²) in [5.74, 6) is 0. The minimum atomic E-state index is 0. The van der Waals surface area contributed by atoms with Crippen molar-refractivity contribution in [1.29, 1.82) is 0 Å². The molecule has 44 valence electrons. The monoisotopic (exact) mass is 137 g/mol. The zero-order chi connectivity index (χ0) is 4.24.